The van der Waals surface area contributed by atoms with Crippen LogP contribution >= 0.6 is 0 Å². The van der Waals surface area contributed by atoms with Crippen LogP contribution in [0.3, 0.4) is 0 Å². The highest BCUT2D eigenvalue weighted by Gasteiger charge is 2.55. The summed E-state index contributed by atoms with van der Waals surface area (Å²) in [4.78, 5) is 28.8. The Labute approximate surface area is 153 Å². The van der Waals surface area contributed by atoms with Gasteiger partial charge in [0.15, 0.2) is 0 Å². The number of amides is 1. The van der Waals surface area contributed by atoms with Gasteiger partial charge in [-0.1, -0.05) is 0 Å². The van der Waals surface area contributed by atoms with Crippen LogP contribution in [0.5, 0.6) is 0 Å². The average Bonchev–Trinajstić information content (AvgIpc) is 3.09. The fraction of sp³-hybridized carbons (Fsp3) is 0.600. The minimum absolute atomic E-state index is 0.0228. The van der Waals surface area contributed by atoms with Gasteiger partial charge in [0.05, 0.1) is 6.61 Å². The van der Waals surface area contributed by atoms with E-state index < -0.39 is 11.4 Å². The summed E-state index contributed by atoms with van der Waals surface area (Å²) in [5.41, 5.74) is 0.847. The lowest BCUT2D eigenvalue weighted by Crippen LogP contribution is -2.46. The number of anilines is 1. The molecular weight excluding hydrogens is 332 g/mol. The van der Waals surface area contributed by atoms with Crippen LogP contribution in [0.2, 0.25) is 0 Å². The number of carboxylic acids is 1. The first-order chi connectivity index (χ1) is 12.6. The third kappa shape index (κ3) is 2.96. The van der Waals surface area contributed by atoms with Gasteiger partial charge in [-0.25, -0.2) is 0 Å². The largest absolute Gasteiger partial charge is 0.481 e. The Morgan fingerprint density at radius 3 is 2.50 bits per heavy atom. The van der Waals surface area contributed by atoms with Gasteiger partial charge in [-0.3, -0.25) is 9.59 Å². The van der Waals surface area contributed by atoms with E-state index in [4.69, 9.17) is 4.74 Å². The summed E-state index contributed by atoms with van der Waals surface area (Å²) >= 11 is 0. The molecule has 140 valence electrons. The lowest BCUT2D eigenvalue weighted by Gasteiger charge is -2.33. The third-order valence-electron chi connectivity index (χ3n) is 6.21. The van der Waals surface area contributed by atoms with Gasteiger partial charge in [0.1, 0.15) is 5.41 Å². The molecule has 3 fully saturated rings. The zero-order valence-electron chi connectivity index (χ0n) is 15.0. The van der Waals surface area contributed by atoms with Crippen LogP contribution in [0.1, 0.15) is 36.0 Å². The van der Waals surface area contributed by atoms with Crippen LogP contribution in [-0.2, 0) is 9.53 Å². The van der Waals surface area contributed by atoms with Crippen molar-refractivity contribution in [1.82, 2.24) is 4.90 Å². The van der Waals surface area contributed by atoms with Gasteiger partial charge in [0.25, 0.3) is 5.91 Å². The Kier molecular flexibility index (Phi) is 4.61. The van der Waals surface area contributed by atoms with E-state index in [0.717, 1.165) is 18.8 Å². The predicted molar refractivity (Wildman–Crippen MR) is 97.4 cm³/mol. The lowest BCUT2D eigenvalue weighted by atomic mass is 9.76. The third-order valence-corrected chi connectivity index (χ3v) is 6.21. The fourth-order valence-corrected chi connectivity index (χ4v) is 4.59. The summed E-state index contributed by atoms with van der Waals surface area (Å²) in [6.45, 7) is 3.66. The molecule has 26 heavy (non-hydrogen) atoms. The van der Waals surface area contributed by atoms with E-state index in [-0.39, 0.29) is 25.0 Å². The van der Waals surface area contributed by atoms with Gasteiger partial charge in [-0.05, 0) is 55.9 Å². The molecule has 1 aromatic carbocycles. The number of fused-ring (bicyclic) bond motifs is 1. The SMILES string of the molecule is O=C(c1ccc(N2CCCCC2)cc1)N1C[C@@H]2CCOC[C@]2(C(=O)O)C1. The fourth-order valence-electron chi connectivity index (χ4n) is 4.59. The molecule has 0 bridgehead atoms. The molecule has 0 saturated carbocycles. The van der Waals surface area contributed by atoms with E-state index in [2.05, 4.69) is 4.90 Å². The van der Waals surface area contributed by atoms with Gasteiger partial charge in [0, 0.05) is 44.0 Å². The number of carboxylic acid groups (broad SMARTS) is 1. The number of rotatable bonds is 3. The summed E-state index contributed by atoms with van der Waals surface area (Å²) < 4.78 is 5.44. The van der Waals surface area contributed by atoms with E-state index in [9.17, 15) is 14.7 Å². The maximum absolute atomic E-state index is 12.9. The highest BCUT2D eigenvalue weighted by Crippen LogP contribution is 2.42. The van der Waals surface area contributed by atoms with Crippen molar-refractivity contribution in [2.75, 3.05) is 44.3 Å². The van der Waals surface area contributed by atoms with Crippen molar-refractivity contribution in [3.63, 3.8) is 0 Å². The van der Waals surface area contributed by atoms with Gasteiger partial charge < -0.3 is 19.6 Å². The molecule has 0 radical (unpaired) electrons. The maximum atomic E-state index is 12.9. The van der Waals surface area contributed by atoms with E-state index in [1.165, 1.54) is 19.3 Å². The van der Waals surface area contributed by atoms with Crippen molar-refractivity contribution < 1.29 is 19.4 Å². The summed E-state index contributed by atoms with van der Waals surface area (Å²) in [6.07, 6.45) is 4.42. The number of piperidine rings is 1. The second kappa shape index (κ2) is 6.91. The number of hydrogen-bond acceptors (Lipinski definition) is 4. The second-order valence-corrected chi connectivity index (χ2v) is 7.78. The number of hydrogen-bond donors (Lipinski definition) is 1. The highest BCUT2D eigenvalue weighted by atomic mass is 16.5. The number of aliphatic carboxylic acids is 1. The highest BCUT2D eigenvalue weighted by molar-refractivity contribution is 5.95. The second-order valence-electron chi connectivity index (χ2n) is 7.78. The number of carbonyl (C=O) groups excluding carboxylic acids is 1. The molecule has 0 spiro atoms. The lowest BCUT2D eigenvalue weighted by molar-refractivity contribution is -0.159. The molecule has 1 aromatic rings. The van der Waals surface area contributed by atoms with Crippen molar-refractivity contribution in [3.05, 3.63) is 29.8 Å². The average molecular weight is 358 g/mol. The Bertz CT molecular complexity index is 684. The molecule has 1 amide bonds. The molecule has 3 aliphatic heterocycles. The van der Waals surface area contributed by atoms with Crippen molar-refractivity contribution in [2.24, 2.45) is 11.3 Å². The molecule has 3 saturated heterocycles. The normalized spacial score (nSPS) is 28.7. The van der Waals surface area contributed by atoms with Gasteiger partial charge in [-0.2, -0.15) is 0 Å². The first kappa shape index (κ1) is 17.3. The molecule has 6 heteroatoms. The first-order valence-corrected chi connectivity index (χ1v) is 9.55. The van der Waals surface area contributed by atoms with Gasteiger partial charge in [0.2, 0.25) is 0 Å². The number of nitrogens with zero attached hydrogens (tertiary/aromatic N) is 2. The molecule has 0 aromatic heterocycles. The smallest absolute Gasteiger partial charge is 0.314 e. The standard InChI is InChI=1S/C20H26N2O4/c23-18(15-4-6-17(7-5-15)21-9-2-1-3-10-21)22-12-16-8-11-26-14-20(16,13-22)19(24)25/h4-7,16H,1-3,8-14H2,(H,24,25)/t16-,20+/m0/s1. The summed E-state index contributed by atoms with van der Waals surface area (Å²) in [5, 5.41) is 9.73. The summed E-state index contributed by atoms with van der Waals surface area (Å²) in [7, 11) is 0. The van der Waals surface area contributed by atoms with E-state index >= 15 is 0 Å². The van der Waals surface area contributed by atoms with Crippen molar-refractivity contribution in [2.45, 2.75) is 25.7 Å². The molecule has 2 atom stereocenters. The number of benzene rings is 1. The monoisotopic (exact) mass is 358 g/mol. The molecule has 0 aliphatic carbocycles. The van der Waals surface area contributed by atoms with Crippen LogP contribution in [0.4, 0.5) is 5.69 Å². The van der Waals surface area contributed by atoms with E-state index in [1.807, 2.05) is 24.3 Å². The van der Waals surface area contributed by atoms with Crippen LogP contribution < -0.4 is 4.90 Å². The Morgan fingerprint density at radius 1 is 1.12 bits per heavy atom. The molecule has 6 nitrogen and oxygen atoms in total. The molecule has 0 unspecified atom stereocenters. The van der Waals surface area contributed by atoms with E-state index in [0.29, 0.717) is 25.1 Å². The molecule has 3 aliphatic rings. The first-order valence-electron chi connectivity index (χ1n) is 9.55. The number of carbonyl (C=O) groups is 2. The van der Waals surface area contributed by atoms with E-state index in [1.54, 1.807) is 4.90 Å². The molecule has 1 N–H and O–H groups in total. The van der Waals surface area contributed by atoms with Crippen LogP contribution in [-0.4, -0.2) is 61.3 Å². The van der Waals surface area contributed by atoms with Gasteiger partial charge in [-0.15, -0.1) is 0 Å². The van der Waals surface area contributed by atoms with Gasteiger partial charge >= 0.3 is 5.97 Å². The molecule has 3 heterocycles. The summed E-state index contributed by atoms with van der Waals surface area (Å²) in [6, 6.07) is 7.77. The minimum Gasteiger partial charge on any atom is -0.481 e. The quantitative estimate of drug-likeness (QED) is 0.897. The predicted octanol–water partition coefficient (Wildman–Crippen LogP) is 2.24. The zero-order valence-corrected chi connectivity index (χ0v) is 15.0. The maximum Gasteiger partial charge on any atom is 0.314 e. The van der Waals surface area contributed by atoms with Crippen molar-refractivity contribution >= 4 is 17.6 Å². The minimum atomic E-state index is -0.943. The van der Waals surface area contributed by atoms with Crippen molar-refractivity contribution in [1.29, 1.82) is 0 Å². The Hall–Kier alpha value is -2.08. The molecular formula is C20H26N2O4. The van der Waals surface area contributed by atoms with Crippen LogP contribution in [0, 0.1) is 11.3 Å². The number of ether oxygens (including phenoxy) is 1. The Balaban J connectivity index is 1.48. The van der Waals surface area contributed by atoms with Crippen molar-refractivity contribution in [3.8, 4) is 0 Å². The number of likely N-dealkylation sites (tertiary alicyclic amines) is 1. The Morgan fingerprint density at radius 2 is 1.85 bits per heavy atom. The topological polar surface area (TPSA) is 70.1 Å². The zero-order chi connectivity index (χ0) is 18.1. The van der Waals surface area contributed by atoms with Crippen LogP contribution in [0.15, 0.2) is 24.3 Å². The molecule has 4 rings (SSSR count). The van der Waals surface area contributed by atoms with Crippen LogP contribution in [0.25, 0.3) is 0 Å². The summed E-state index contributed by atoms with van der Waals surface area (Å²) in [5.74, 6) is -0.950.